The molecule has 0 bridgehead atoms. The zero-order valence-corrected chi connectivity index (χ0v) is 17.4. The largest absolute Gasteiger partial charge is 1.00 e. The number of rotatable bonds is 0. The molecule has 0 unspecified atom stereocenters. The van der Waals surface area contributed by atoms with Gasteiger partial charge < -0.3 is 24.4 Å². The standard InChI is InChI=1S/CHCl3.CH4O.3Na.H3O4P/c2-1(3)4;1-2;;;;1-5(2,3)4/h1H;2H,1H3;;;;(H3,1,2,3,4)/q;;3*+1;/p-3. The Kier molecular flexibility index (Phi) is 66.3. The van der Waals surface area contributed by atoms with Crippen LogP contribution in [-0.4, -0.2) is 16.5 Å². The van der Waals surface area contributed by atoms with Crippen LogP contribution in [0.1, 0.15) is 0 Å². The second-order valence-electron chi connectivity index (χ2n) is 0.695. The van der Waals surface area contributed by atoms with E-state index in [0.29, 0.717) is 0 Å². The van der Waals surface area contributed by atoms with Gasteiger partial charge in [0.05, 0.1) is 0 Å². The maximum atomic E-state index is 8.55. The molecular weight excluding hydrogens is 310 g/mol. The van der Waals surface area contributed by atoms with Gasteiger partial charge in [-0.05, 0) is 0 Å². The summed E-state index contributed by atoms with van der Waals surface area (Å²) in [5.41, 5.74) is 0. The first-order chi connectivity index (χ1) is 4.73. The van der Waals surface area contributed by atoms with E-state index >= 15 is 0 Å². The Bertz CT molecular complexity index is 101. The minimum Gasteiger partial charge on any atom is -0.822 e. The maximum Gasteiger partial charge on any atom is 1.00 e. The van der Waals surface area contributed by atoms with Crippen LogP contribution in [0.3, 0.4) is 0 Å². The first-order valence-electron chi connectivity index (χ1n) is 1.83. The van der Waals surface area contributed by atoms with Crippen LogP contribution < -0.4 is 103 Å². The van der Waals surface area contributed by atoms with Gasteiger partial charge in [-0.2, -0.15) is 7.82 Å². The first kappa shape index (κ1) is 36.1. The van der Waals surface area contributed by atoms with Gasteiger partial charge >= 0.3 is 88.7 Å². The molecule has 0 saturated heterocycles. The Morgan fingerprint density at radius 2 is 1.00 bits per heavy atom. The first-order valence-corrected chi connectivity index (χ1v) is 4.60. The monoisotopic (exact) mass is 314 g/mol. The van der Waals surface area contributed by atoms with Crippen LogP contribution in [0.15, 0.2) is 0 Å². The van der Waals surface area contributed by atoms with Crippen molar-refractivity contribution >= 4 is 42.6 Å². The Morgan fingerprint density at radius 1 is 1.00 bits per heavy atom. The Hall–Kier alpha value is 3.94. The SMILES string of the molecule is CO.ClC(Cl)Cl.O=P([O-])([O-])[O-].[Na+].[Na+].[Na+]. The van der Waals surface area contributed by atoms with E-state index < -0.39 is 12.1 Å². The number of phosphoric acid groups is 1. The second kappa shape index (κ2) is 25.7. The summed E-state index contributed by atoms with van der Waals surface area (Å²) < 4.78 is 7.80. The van der Waals surface area contributed by atoms with Gasteiger partial charge in [-0.15, -0.1) is 0 Å². The molecule has 72 valence electrons. The summed E-state index contributed by atoms with van der Waals surface area (Å²) in [4.78, 5) is 25.6. The zero-order chi connectivity index (χ0) is 10.1. The summed E-state index contributed by atoms with van der Waals surface area (Å²) in [5.74, 6) is 0. The van der Waals surface area contributed by atoms with E-state index in [9.17, 15) is 0 Å². The van der Waals surface area contributed by atoms with Gasteiger partial charge in [0, 0.05) is 7.11 Å². The van der Waals surface area contributed by atoms with Crippen molar-refractivity contribution < 1.29 is 113 Å². The average molecular weight is 315 g/mol. The smallest absolute Gasteiger partial charge is 0.822 e. The van der Waals surface area contributed by atoms with Crippen LogP contribution in [0.25, 0.3) is 0 Å². The summed E-state index contributed by atoms with van der Waals surface area (Å²) >= 11 is 14.4. The predicted molar refractivity (Wildman–Crippen MR) is 37.1 cm³/mol. The summed E-state index contributed by atoms with van der Waals surface area (Å²) in [7, 11) is -4.39. The number of alkyl halides is 3. The number of hydrogen-bond donors (Lipinski definition) is 1. The normalized spacial score (nSPS) is 7.21. The van der Waals surface area contributed by atoms with Crippen LogP contribution in [0.5, 0.6) is 0 Å². The van der Waals surface area contributed by atoms with Gasteiger partial charge in [0.25, 0.3) is 0 Å². The second-order valence-corrected chi connectivity index (χ2v) is 3.57. The summed E-state index contributed by atoms with van der Waals surface area (Å²) in [6, 6.07) is 0. The third kappa shape index (κ3) is 229. The molecule has 0 aromatic carbocycles. The van der Waals surface area contributed by atoms with E-state index in [4.69, 9.17) is 59.2 Å². The summed E-state index contributed by atoms with van der Waals surface area (Å²) in [6.07, 6.45) is 0. The number of aliphatic hydroxyl groups is 1. The molecule has 0 heterocycles. The van der Waals surface area contributed by atoms with E-state index in [-0.39, 0.29) is 88.7 Å². The molecule has 0 radical (unpaired) electrons. The molecule has 12 heteroatoms. The van der Waals surface area contributed by atoms with Gasteiger partial charge in [0.1, 0.15) is 0 Å². The van der Waals surface area contributed by atoms with Crippen molar-refractivity contribution in [3.63, 3.8) is 0 Å². The molecule has 0 aliphatic rings. The molecule has 0 saturated carbocycles. The topological polar surface area (TPSA) is 106 Å². The molecule has 0 aromatic rings. The zero-order valence-electron chi connectivity index (χ0n) is 8.24. The van der Waals surface area contributed by atoms with E-state index in [2.05, 4.69) is 0 Å². The number of hydrogen-bond acceptors (Lipinski definition) is 5. The average Bonchev–Trinajstić information content (AvgIpc) is 1.63. The fraction of sp³-hybridized carbons (Fsp3) is 1.00. The Balaban J connectivity index is -0.0000000166. The van der Waals surface area contributed by atoms with Crippen molar-refractivity contribution in [2.45, 2.75) is 4.30 Å². The van der Waals surface area contributed by atoms with E-state index in [0.717, 1.165) is 7.11 Å². The van der Waals surface area contributed by atoms with Crippen LogP contribution in [-0.2, 0) is 4.57 Å². The minimum absolute atomic E-state index is 0. The van der Waals surface area contributed by atoms with Crippen LogP contribution in [0.4, 0.5) is 0 Å². The van der Waals surface area contributed by atoms with Gasteiger partial charge in [0.15, 0.2) is 4.30 Å². The quantitative estimate of drug-likeness (QED) is 0.271. The van der Waals surface area contributed by atoms with Gasteiger partial charge in [-0.1, -0.05) is 34.8 Å². The van der Waals surface area contributed by atoms with Crippen molar-refractivity contribution in [1.29, 1.82) is 0 Å². The molecule has 0 fully saturated rings. The van der Waals surface area contributed by atoms with Crippen molar-refractivity contribution in [3.8, 4) is 0 Å². The van der Waals surface area contributed by atoms with E-state index in [1.165, 1.54) is 0 Å². The predicted octanol–water partition coefficient (Wildman–Crippen LogP) is -10.2. The molecule has 5 nitrogen and oxygen atoms in total. The van der Waals surface area contributed by atoms with E-state index in [1.54, 1.807) is 0 Å². The van der Waals surface area contributed by atoms with Crippen molar-refractivity contribution in [2.24, 2.45) is 0 Å². The molecule has 0 aliphatic carbocycles. The Morgan fingerprint density at radius 3 is 1.00 bits per heavy atom. The molecule has 0 rings (SSSR count). The molecule has 0 amide bonds. The fourth-order valence-corrected chi connectivity index (χ4v) is 0. The van der Waals surface area contributed by atoms with Crippen molar-refractivity contribution in [2.75, 3.05) is 7.11 Å². The van der Waals surface area contributed by atoms with Crippen LogP contribution in [0.2, 0.25) is 0 Å². The van der Waals surface area contributed by atoms with Gasteiger partial charge in [-0.25, -0.2) is 0 Å². The third-order valence-corrected chi connectivity index (χ3v) is 0. The summed E-state index contributed by atoms with van der Waals surface area (Å²) in [6.45, 7) is 0. The molecule has 0 atom stereocenters. The third-order valence-electron chi connectivity index (χ3n) is 0. The number of aliphatic hydroxyl groups excluding tert-OH is 1. The van der Waals surface area contributed by atoms with E-state index in [1.807, 2.05) is 0 Å². The molecule has 0 spiro atoms. The van der Waals surface area contributed by atoms with Crippen LogP contribution >= 0.6 is 42.6 Å². The number of halogens is 3. The molecule has 0 aliphatic heterocycles. The summed E-state index contributed by atoms with van der Waals surface area (Å²) in [5, 5.41) is 7.00. The maximum absolute atomic E-state index is 8.55. The van der Waals surface area contributed by atoms with Crippen LogP contribution in [0, 0.1) is 0 Å². The fourth-order valence-electron chi connectivity index (χ4n) is 0. The van der Waals surface area contributed by atoms with Crippen molar-refractivity contribution in [3.05, 3.63) is 0 Å². The van der Waals surface area contributed by atoms with Crippen molar-refractivity contribution in [1.82, 2.24) is 0 Å². The Labute approximate surface area is 164 Å². The van der Waals surface area contributed by atoms with Gasteiger partial charge in [0.2, 0.25) is 0 Å². The molecule has 0 aromatic heterocycles. The van der Waals surface area contributed by atoms with Gasteiger partial charge in [-0.3, -0.25) is 0 Å². The minimum atomic E-state index is -5.39. The molecule has 1 N–H and O–H groups in total. The molecule has 14 heavy (non-hydrogen) atoms. The molecular formula is C2H5Cl3Na3O5P.